The molecule has 1 fully saturated rings. The predicted octanol–water partition coefficient (Wildman–Crippen LogP) is 2.11. The van der Waals surface area contributed by atoms with Crippen molar-refractivity contribution in [3.63, 3.8) is 0 Å². The second-order valence-electron chi connectivity index (χ2n) is 3.93. The smallest absolute Gasteiger partial charge is 0.248 e. The molecule has 14 heavy (non-hydrogen) atoms. The number of aryl methyl sites for hydroxylation is 1. The Kier molecular flexibility index (Phi) is 2.25. The maximum Gasteiger partial charge on any atom is 0.248 e. The molecule has 0 bridgehead atoms. The Hall–Kier alpha value is -1.00. The van der Waals surface area contributed by atoms with Crippen molar-refractivity contribution in [2.45, 2.75) is 37.5 Å². The molecule has 1 aliphatic carbocycles. The molecule has 0 amide bonds. The normalized spacial score (nSPS) is 22.5. The molecule has 1 saturated carbocycles. The SMILES string of the molecule is Cn1cnnc1C1CCC(F)(F)CC1. The van der Waals surface area contributed by atoms with Gasteiger partial charge in [0, 0.05) is 25.8 Å². The van der Waals surface area contributed by atoms with E-state index in [-0.39, 0.29) is 18.8 Å². The van der Waals surface area contributed by atoms with Gasteiger partial charge in [-0.3, -0.25) is 0 Å². The molecule has 0 saturated heterocycles. The molecule has 1 aromatic rings. The van der Waals surface area contributed by atoms with E-state index < -0.39 is 5.92 Å². The molecule has 1 heterocycles. The fourth-order valence-electron chi connectivity index (χ4n) is 1.96. The van der Waals surface area contributed by atoms with Crippen LogP contribution in [0.15, 0.2) is 6.33 Å². The van der Waals surface area contributed by atoms with Gasteiger partial charge in [-0.25, -0.2) is 8.78 Å². The Morgan fingerprint density at radius 2 is 2.07 bits per heavy atom. The first kappa shape index (κ1) is 9.55. The summed E-state index contributed by atoms with van der Waals surface area (Å²) in [6, 6.07) is 0. The first-order chi connectivity index (χ1) is 6.58. The van der Waals surface area contributed by atoms with Gasteiger partial charge in [-0.15, -0.1) is 10.2 Å². The molecule has 3 nitrogen and oxygen atoms in total. The van der Waals surface area contributed by atoms with Crippen LogP contribution in [0.4, 0.5) is 8.78 Å². The van der Waals surface area contributed by atoms with Crippen LogP contribution in [0.25, 0.3) is 0 Å². The standard InChI is InChI=1S/C9H13F2N3/c1-14-6-12-13-8(14)7-2-4-9(10,11)5-3-7/h6-7H,2-5H2,1H3. The van der Waals surface area contributed by atoms with Crippen LogP contribution < -0.4 is 0 Å². The van der Waals surface area contributed by atoms with Crippen LogP contribution in [0.2, 0.25) is 0 Å². The highest BCUT2D eigenvalue weighted by Crippen LogP contribution is 2.39. The van der Waals surface area contributed by atoms with Crippen molar-refractivity contribution in [2.75, 3.05) is 0 Å². The van der Waals surface area contributed by atoms with Gasteiger partial charge in [-0.1, -0.05) is 0 Å². The lowest BCUT2D eigenvalue weighted by atomic mass is 9.86. The zero-order valence-corrected chi connectivity index (χ0v) is 8.08. The third kappa shape index (κ3) is 1.76. The number of hydrogen-bond acceptors (Lipinski definition) is 2. The molecule has 1 aliphatic rings. The molecular formula is C9H13F2N3. The van der Waals surface area contributed by atoms with Gasteiger partial charge in [0.05, 0.1) is 0 Å². The molecule has 0 radical (unpaired) electrons. The molecule has 5 heteroatoms. The van der Waals surface area contributed by atoms with E-state index in [1.54, 1.807) is 6.33 Å². The summed E-state index contributed by atoms with van der Waals surface area (Å²) in [5.41, 5.74) is 0. The first-order valence-electron chi connectivity index (χ1n) is 4.80. The molecule has 0 aromatic carbocycles. The van der Waals surface area contributed by atoms with Crippen LogP contribution in [0.1, 0.15) is 37.4 Å². The summed E-state index contributed by atoms with van der Waals surface area (Å²) < 4.78 is 27.6. The summed E-state index contributed by atoms with van der Waals surface area (Å²) in [6.07, 6.45) is 2.59. The lowest BCUT2D eigenvalue weighted by molar-refractivity contribution is -0.0389. The van der Waals surface area contributed by atoms with Crippen LogP contribution in [-0.4, -0.2) is 20.7 Å². The lowest BCUT2D eigenvalue weighted by Crippen LogP contribution is -2.24. The van der Waals surface area contributed by atoms with E-state index in [0.29, 0.717) is 12.8 Å². The van der Waals surface area contributed by atoms with E-state index in [1.165, 1.54) is 0 Å². The number of aromatic nitrogens is 3. The van der Waals surface area contributed by atoms with Gasteiger partial charge in [0.1, 0.15) is 12.2 Å². The lowest BCUT2D eigenvalue weighted by Gasteiger charge is -2.27. The van der Waals surface area contributed by atoms with Crippen LogP contribution in [0.5, 0.6) is 0 Å². The fourth-order valence-corrected chi connectivity index (χ4v) is 1.96. The molecule has 0 atom stereocenters. The first-order valence-corrected chi connectivity index (χ1v) is 4.80. The third-order valence-electron chi connectivity index (χ3n) is 2.83. The average molecular weight is 201 g/mol. The quantitative estimate of drug-likeness (QED) is 0.696. The van der Waals surface area contributed by atoms with Gasteiger partial charge in [0.2, 0.25) is 5.92 Å². The van der Waals surface area contributed by atoms with E-state index in [1.807, 2.05) is 11.6 Å². The maximum atomic E-state index is 12.9. The highest BCUT2D eigenvalue weighted by atomic mass is 19.3. The highest BCUT2D eigenvalue weighted by molar-refractivity contribution is 4.99. The molecule has 1 aromatic heterocycles. The van der Waals surface area contributed by atoms with E-state index >= 15 is 0 Å². The predicted molar refractivity (Wildman–Crippen MR) is 47.2 cm³/mol. The Balaban J connectivity index is 2.06. The molecule has 78 valence electrons. The Morgan fingerprint density at radius 1 is 1.43 bits per heavy atom. The van der Waals surface area contributed by atoms with Crippen LogP contribution in [0.3, 0.4) is 0 Å². The third-order valence-corrected chi connectivity index (χ3v) is 2.83. The van der Waals surface area contributed by atoms with Gasteiger partial charge in [-0.05, 0) is 12.8 Å². The number of nitrogens with zero attached hydrogens (tertiary/aromatic N) is 3. The van der Waals surface area contributed by atoms with Crippen molar-refractivity contribution in [2.24, 2.45) is 7.05 Å². The molecule has 0 spiro atoms. The molecule has 0 N–H and O–H groups in total. The summed E-state index contributed by atoms with van der Waals surface area (Å²) in [5, 5.41) is 7.71. The van der Waals surface area contributed by atoms with Gasteiger partial charge in [-0.2, -0.15) is 0 Å². The minimum atomic E-state index is -2.46. The Labute approximate surface area is 81.1 Å². The minimum Gasteiger partial charge on any atom is -0.320 e. The maximum absolute atomic E-state index is 12.9. The largest absolute Gasteiger partial charge is 0.320 e. The molecule has 0 aliphatic heterocycles. The Morgan fingerprint density at radius 3 is 2.57 bits per heavy atom. The van der Waals surface area contributed by atoms with E-state index in [9.17, 15) is 8.78 Å². The van der Waals surface area contributed by atoms with Crippen molar-refractivity contribution in [3.05, 3.63) is 12.2 Å². The molecular weight excluding hydrogens is 188 g/mol. The fraction of sp³-hybridized carbons (Fsp3) is 0.778. The summed E-state index contributed by atoms with van der Waals surface area (Å²) in [6.45, 7) is 0. The van der Waals surface area contributed by atoms with Crippen molar-refractivity contribution < 1.29 is 8.78 Å². The Bertz CT molecular complexity index is 312. The zero-order valence-electron chi connectivity index (χ0n) is 8.08. The average Bonchev–Trinajstić information content (AvgIpc) is 2.52. The number of hydrogen-bond donors (Lipinski definition) is 0. The van der Waals surface area contributed by atoms with Gasteiger partial charge >= 0.3 is 0 Å². The number of alkyl halides is 2. The van der Waals surface area contributed by atoms with Gasteiger partial charge in [0.15, 0.2) is 0 Å². The van der Waals surface area contributed by atoms with E-state index in [4.69, 9.17) is 0 Å². The monoisotopic (exact) mass is 201 g/mol. The summed E-state index contributed by atoms with van der Waals surface area (Å²) >= 11 is 0. The van der Waals surface area contributed by atoms with Crippen LogP contribution in [0, 0.1) is 0 Å². The summed E-state index contributed by atoms with van der Waals surface area (Å²) in [7, 11) is 1.85. The van der Waals surface area contributed by atoms with Gasteiger partial charge < -0.3 is 4.57 Å². The molecule has 2 rings (SSSR count). The summed E-state index contributed by atoms with van der Waals surface area (Å²) in [4.78, 5) is 0. The van der Waals surface area contributed by atoms with Crippen molar-refractivity contribution >= 4 is 0 Å². The van der Waals surface area contributed by atoms with E-state index in [2.05, 4.69) is 10.2 Å². The topological polar surface area (TPSA) is 30.7 Å². The second-order valence-corrected chi connectivity index (χ2v) is 3.93. The number of halogens is 2. The van der Waals surface area contributed by atoms with Crippen molar-refractivity contribution in [1.29, 1.82) is 0 Å². The van der Waals surface area contributed by atoms with Crippen LogP contribution >= 0.6 is 0 Å². The minimum absolute atomic E-state index is 0.0233. The summed E-state index contributed by atoms with van der Waals surface area (Å²) in [5.74, 6) is -1.47. The van der Waals surface area contributed by atoms with Gasteiger partial charge in [0.25, 0.3) is 0 Å². The van der Waals surface area contributed by atoms with Crippen molar-refractivity contribution in [1.82, 2.24) is 14.8 Å². The highest BCUT2D eigenvalue weighted by Gasteiger charge is 2.36. The van der Waals surface area contributed by atoms with Crippen LogP contribution in [-0.2, 0) is 7.05 Å². The second kappa shape index (κ2) is 3.29. The zero-order chi connectivity index (χ0) is 10.2. The van der Waals surface area contributed by atoms with E-state index in [0.717, 1.165) is 5.82 Å². The number of rotatable bonds is 1. The van der Waals surface area contributed by atoms with Crippen molar-refractivity contribution in [3.8, 4) is 0 Å². The molecule has 0 unspecified atom stereocenters.